The van der Waals surface area contributed by atoms with Crippen LogP contribution in [0, 0.1) is 18.6 Å². The number of aryl methyl sites for hydroxylation is 1. The minimum atomic E-state index is -0.686. The van der Waals surface area contributed by atoms with Gasteiger partial charge < -0.3 is 5.73 Å². The molecule has 0 aliphatic carbocycles. The van der Waals surface area contributed by atoms with Crippen molar-refractivity contribution in [3.63, 3.8) is 0 Å². The molecule has 0 aliphatic heterocycles. The molecule has 2 N–H and O–H groups in total. The van der Waals surface area contributed by atoms with Gasteiger partial charge in [0.05, 0.1) is 6.04 Å². The third-order valence-electron chi connectivity index (χ3n) is 2.69. The Morgan fingerprint density at radius 2 is 1.94 bits per heavy atom. The molecular formula is C13H12F2N2. The highest BCUT2D eigenvalue weighted by molar-refractivity contribution is 5.35. The Morgan fingerprint density at radius 3 is 2.65 bits per heavy atom. The molecule has 4 heteroatoms. The first-order chi connectivity index (χ1) is 8.09. The smallest absolute Gasteiger partial charge is 0.128 e. The highest BCUT2D eigenvalue weighted by Gasteiger charge is 2.16. The summed E-state index contributed by atoms with van der Waals surface area (Å²) in [6.07, 6.45) is 3.23. The SMILES string of the molecule is Cc1cnccc1C(N)c1cc(F)ccc1F. The summed E-state index contributed by atoms with van der Waals surface area (Å²) >= 11 is 0. The predicted molar refractivity (Wildman–Crippen MR) is 61.4 cm³/mol. The quantitative estimate of drug-likeness (QED) is 0.867. The fourth-order valence-corrected chi connectivity index (χ4v) is 1.75. The molecule has 1 aromatic carbocycles. The molecule has 17 heavy (non-hydrogen) atoms. The zero-order valence-electron chi connectivity index (χ0n) is 9.32. The summed E-state index contributed by atoms with van der Waals surface area (Å²) in [6.45, 7) is 1.83. The Labute approximate surface area is 98.1 Å². The standard InChI is InChI=1S/C13H12F2N2/c1-8-7-17-5-4-10(8)13(16)11-6-9(14)2-3-12(11)15/h2-7,13H,16H2,1H3. The van der Waals surface area contributed by atoms with Crippen molar-refractivity contribution in [2.75, 3.05) is 0 Å². The molecule has 0 saturated carbocycles. The van der Waals surface area contributed by atoms with Crippen molar-refractivity contribution in [2.45, 2.75) is 13.0 Å². The topological polar surface area (TPSA) is 38.9 Å². The maximum Gasteiger partial charge on any atom is 0.128 e. The van der Waals surface area contributed by atoms with Crippen molar-refractivity contribution in [1.82, 2.24) is 4.98 Å². The molecule has 2 rings (SSSR count). The van der Waals surface area contributed by atoms with E-state index in [1.165, 1.54) is 0 Å². The molecule has 0 aliphatic rings. The molecule has 0 spiro atoms. The molecule has 1 atom stereocenters. The second kappa shape index (κ2) is 4.59. The number of aromatic nitrogens is 1. The van der Waals surface area contributed by atoms with Crippen molar-refractivity contribution in [3.8, 4) is 0 Å². The maximum atomic E-state index is 13.6. The number of hydrogen-bond acceptors (Lipinski definition) is 2. The van der Waals surface area contributed by atoms with Gasteiger partial charge in [0.1, 0.15) is 11.6 Å². The first kappa shape index (κ1) is 11.7. The van der Waals surface area contributed by atoms with E-state index in [2.05, 4.69) is 4.98 Å². The lowest BCUT2D eigenvalue weighted by molar-refractivity contribution is 0.576. The van der Waals surface area contributed by atoms with Crippen molar-refractivity contribution in [1.29, 1.82) is 0 Å². The predicted octanol–water partition coefficient (Wildman–Crippen LogP) is 2.72. The Morgan fingerprint density at radius 1 is 1.18 bits per heavy atom. The first-order valence-electron chi connectivity index (χ1n) is 5.20. The summed E-state index contributed by atoms with van der Waals surface area (Å²) in [5.74, 6) is -1.00. The second-order valence-electron chi connectivity index (χ2n) is 3.88. The van der Waals surface area contributed by atoms with E-state index in [1.807, 2.05) is 6.92 Å². The van der Waals surface area contributed by atoms with Crippen LogP contribution in [0.15, 0.2) is 36.7 Å². The molecule has 2 nitrogen and oxygen atoms in total. The largest absolute Gasteiger partial charge is 0.320 e. The summed E-state index contributed by atoms with van der Waals surface area (Å²) in [7, 11) is 0. The Kier molecular flexibility index (Phi) is 3.15. The summed E-state index contributed by atoms with van der Waals surface area (Å²) in [4.78, 5) is 3.94. The van der Waals surface area contributed by atoms with Crippen LogP contribution in [0.3, 0.4) is 0 Å². The molecular weight excluding hydrogens is 222 g/mol. The summed E-state index contributed by atoms with van der Waals surface area (Å²) < 4.78 is 26.7. The van der Waals surface area contributed by atoms with E-state index < -0.39 is 17.7 Å². The molecule has 0 fully saturated rings. The maximum absolute atomic E-state index is 13.6. The van der Waals surface area contributed by atoms with Gasteiger partial charge >= 0.3 is 0 Å². The lowest BCUT2D eigenvalue weighted by Crippen LogP contribution is -2.15. The van der Waals surface area contributed by atoms with E-state index in [1.54, 1.807) is 18.5 Å². The molecule has 0 saturated heterocycles. The zero-order valence-corrected chi connectivity index (χ0v) is 9.32. The average molecular weight is 234 g/mol. The van der Waals surface area contributed by atoms with Crippen LogP contribution in [0.2, 0.25) is 0 Å². The molecule has 0 bridgehead atoms. The summed E-state index contributed by atoms with van der Waals surface area (Å²) in [5, 5.41) is 0. The van der Waals surface area contributed by atoms with Crippen LogP contribution >= 0.6 is 0 Å². The summed E-state index contributed by atoms with van der Waals surface area (Å²) in [5.41, 5.74) is 7.70. The van der Waals surface area contributed by atoms with Crippen LogP contribution in [0.25, 0.3) is 0 Å². The van der Waals surface area contributed by atoms with E-state index in [4.69, 9.17) is 5.73 Å². The third-order valence-corrected chi connectivity index (χ3v) is 2.69. The molecule has 1 unspecified atom stereocenters. The van der Waals surface area contributed by atoms with Gasteiger partial charge in [-0.3, -0.25) is 4.98 Å². The molecule has 2 aromatic rings. The molecule has 1 aromatic heterocycles. The molecule has 0 radical (unpaired) electrons. The molecule has 1 heterocycles. The number of nitrogens with two attached hydrogens (primary N) is 1. The highest BCUT2D eigenvalue weighted by atomic mass is 19.1. The zero-order chi connectivity index (χ0) is 12.4. The van der Waals surface area contributed by atoms with Gasteiger partial charge in [-0.25, -0.2) is 8.78 Å². The number of nitrogens with zero attached hydrogens (tertiary/aromatic N) is 1. The van der Waals surface area contributed by atoms with Crippen LogP contribution < -0.4 is 5.73 Å². The second-order valence-corrected chi connectivity index (χ2v) is 3.88. The lowest BCUT2D eigenvalue weighted by atomic mass is 9.97. The van der Waals surface area contributed by atoms with Crippen molar-refractivity contribution in [3.05, 3.63) is 65.0 Å². The number of halogens is 2. The van der Waals surface area contributed by atoms with Crippen LogP contribution in [0.1, 0.15) is 22.7 Å². The fraction of sp³-hybridized carbons (Fsp3) is 0.154. The van der Waals surface area contributed by atoms with E-state index in [-0.39, 0.29) is 5.56 Å². The Hall–Kier alpha value is -1.81. The van der Waals surface area contributed by atoms with Crippen LogP contribution in [0.4, 0.5) is 8.78 Å². The lowest BCUT2D eigenvalue weighted by Gasteiger charge is -2.15. The van der Waals surface area contributed by atoms with E-state index in [0.29, 0.717) is 0 Å². The highest BCUT2D eigenvalue weighted by Crippen LogP contribution is 2.24. The Bertz CT molecular complexity index is 541. The number of pyridine rings is 1. The van der Waals surface area contributed by atoms with Gasteiger partial charge in [-0.15, -0.1) is 0 Å². The van der Waals surface area contributed by atoms with E-state index >= 15 is 0 Å². The van der Waals surface area contributed by atoms with Crippen LogP contribution in [-0.2, 0) is 0 Å². The molecule has 88 valence electrons. The fourth-order valence-electron chi connectivity index (χ4n) is 1.75. The van der Waals surface area contributed by atoms with Crippen molar-refractivity contribution in [2.24, 2.45) is 5.73 Å². The van der Waals surface area contributed by atoms with Gasteiger partial charge in [0.2, 0.25) is 0 Å². The minimum Gasteiger partial charge on any atom is -0.320 e. The van der Waals surface area contributed by atoms with Gasteiger partial charge in [0.25, 0.3) is 0 Å². The van der Waals surface area contributed by atoms with Crippen molar-refractivity contribution >= 4 is 0 Å². The van der Waals surface area contributed by atoms with Gasteiger partial charge in [-0.05, 0) is 42.3 Å². The molecule has 0 amide bonds. The number of rotatable bonds is 2. The average Bonchev–Trinajstić information content (AvgIpc) is 2.32. The van der Waals surface area contributed by atoms with Gasteiger partial charge in [-0.2, -0.15) is 0 Å². The monoisotopic (exact) mass is 234 g/mol. The number of hydrogen-bond donors (Lipinski definition) is 1. The Balaban J connectivity index is 2.47. The van der Waals surface area contributed by atoms with Gasteiger partial charge in [0.15, 0.2) is 0 Å². The minimum absolute atomic E-state index is 0.152. The van der Waals surface area contributed by atoms with Gasteiger partial charge in [0, 0.05) is 18.0 Å². The van der Waals surface area contributed by atoms with E-state index in [9.17, 15) is 8.78 Å². The van der Waals surface area contributed by atoms with E-state index in [0.717, 1.165) is 29.3 Å². The van der Waals surface area contributed by atoms with Crippen LogP contribution in [0.5, 0.6) is 0 Å². The van der Waals surface area contributed by atoms with Gasteiger partial charge in [-0.1, -0.05) is 0 Å². The normalized spacial score (nSPS) is 12.5. The van der Waals surface area contributed by atoms with Crippen LogP contribution in [-0.4, -0.2) is 4.98 Å². The first-order valence-corrected chi connectivity index (χ1v) is 5.20. The third kappa shape index (κ3) is 2.31. The van der Waals surface area contributed by atoms with Crippen molar-refractivity contribution < 1.29 is 8.78 Å². The summed E-state index contributed by atoms with van der Waals surface area (Å²) in [6, 6.07) is 4.31. The number of benzene rings is 1.